The highest BCUT2D eigenvalue weighted by Gasteiger charge is 2.02. The molecule has 0 aliphatic carbocycles. The van der Waals surface area contributed by atoms with Gasteiger partial charge >= 0.3 is 0 Å². The summed E-state index contributed by atoms with van der Waals surface area (Å²) in [5.41, 5.74) is 7.66. The number of hydrogen-bond donors (Lipinski definition) is 2. The van der Waals surface area contributed by atoms with Crippen LogP contribution in [0, 0.1) is 6.92 Å². The van der Waals surface area contributed by atoms with Gasteiger partial charge in [0.05, 0.1) is 6.54 Å². The first-order valence-electron chi connectivity index (χ1n) is 4.37. The van der Waals surface area contributed by atoms with Crippen molar-refractivity contribution < 1.29 is 5.21 Å². The van der Waals surface area contributed by atoms with Gasteiger partial charge in [-0.05, 0) is 19.1 Å². The van der Waals surface area contributed by atoms with Crippen molar-refractivity contribution in [1.82, 2.24) is 0 Å². The smallest absolute Gasteiger partial charge is 0.158 e. The van der Waals surface area contributed by atoms with E-state index in [2.05, 4.69) is 5.16 Å². The summed E-state index contributed by atoms with van der Waals surface area (Å²) in [6, 6.07) is 8.05. The largest absolute Gasteiger partial charge is 0.409 e. The van der Waals surface area contributed by atoms with Gasteiger partial charge in [0.15, 0.2) is 5.84 Å². The lowest BCUT2D eigenvalue weighted by Crippen LogP contribution is -2.30. The summed E-state index contributed by atoms with van der Waals surface area (Å²) < 4.78 is 0. The molecule has 1 aromatic carbocycles. The number of anilines is 1. The van der Waals surface area contributed by atoms with Crippen LogP contribution in [-0.2, 0) is 0 Å². The van der Waals surface area contributed by atoms with E-state index in [-0.39, 0.29) is 5.84 Å². The average molecular weight is 193 g/mol. The molecule has 0 aliphatic rings. The van der Waals surface area contributed by atoms with Crippen molar-refractivity contribution in [2.75, 3.05) is 18.5 Å². The van der Waals surface area contributed by atoms with E-state index in [9.17, 15) is 0 Å². The fourth-order valence-corrected chi connectivity index (χ4v) is 1.17. The number of aryl methyl sites for hydroxylation is 1. The van der Waals surface area contributed by atoms with Gasteiger partial charge in [-0.3, -0.25) is 0 Å². The summed E-state index contributed by atoms with van der Waals surface area (Å²) in [5, 5.41) is 11.3. The third-order valence-electron chi connectivity index (χ3n) is 2.00. The van der Waals surface area contributed by atoms with Gasteiger partial charge in [0, 0.05) is 12.7 Å². The summed E-state index contributed by atoms with van der Waals surface area (Å²) in [5.74, 6) is 0.202. The van der Waals surface area contributed by atoms with E-state index in [0.717, 1.165) is 5.69 Å². The standard InChI is InChI=1S/C10H15N3O/c1-8-3-5-9(6-4-8)13(2)7-10(11)12-14/h3-6,14H,7H2,1-2H3,(H2,11,12). The summed E-state index contributed by atoms with van der Waals surface area (Å²) in [4.78, 5) is 1.91. The van der Waals surface area contributed by atoms with Gasteiger partial charge in [-0.15, -0.1) is 0 Å². The highest BCUT2D eigenvalue weighted by molar-refractivity contribution is 5.84. The zero-order valence-corrected chi connectivity index (χ0v) is 8.44. The molecule has 0 fully saturated rings. The van der Waals surface area contributed by atoms with Gasteiger partial charge in [-0.1, -0.05) is 22.9 Å². The number of amidine groups is 1. The number of benzene rings is 1. The van der Waals surface area contributed by atoms with Gasteiger partial charge in [-0.2, -0.15) is 0 Å². The Kier molecular flexibility index (Phi) is 3.34. The Morgan fingerprint density at radius 1 is 1.43 bits per heavy atom. The maximum absolute atomic E-state index is 8.41. The number of nitrogens with two attached hydrogens (primary N) is 1. The molecular weight excluding hydrogens is 178 g/mol. The van der Waals surface area contributed by atoms with Crippen molar-refractivity contribution in [2.45, 2.75) is 6.92 Å². The monoisotopic (exact) mass is 193 g/mol. The molecule has 0 saturated carbocycles. The molecule has 0 heterocycles. The van der Waals surface area contributed by atoms with Crippen molar-refractivity contribution in [1.29, 1.82) is 0 Å². The summed E-state index contributed by atoms with van der Waals surface area (Å²) in [6.07, 6.45) is 0. The number of hydrogen-bond acceptors (Lipinski definition) is 3. The van der Waals surface area contributed by atoms with E-state index in [4.69, 9.17) is 10.9 Å². The Hall–Kier alpha value is -1.71. The summed E-state index contributed by atoms with van der Waals surface area (Å²) in [6.45, 7) is 2.45. The lowest BCUT2D eigenvalue weighted by molar-refractivity contribution is 0.317. The lowest BCUT2D eigenvalue weighted by Gasteiger charge is -2.18. The highest BCUT2D eigenvalue weighted by Crippen LogP contribution is 2.12. The van der Waals surface area contributed by atoms with Crippen molar-refractivity contribution in [3.05, 3.63) is 29.8 Å². The minimum absolute atomic E-state index is 0.202. The van der Waals surface area contributed by atoms with E-state index in [0.29, 0.717) is 6.54 Å². The van der Waals surface area contributed by atoms with Crippen LogP contribution in [0.1, 0.15) is 5.56 Å². The van der Waals surface area contributed by atoms with Crippen LogP contribution in [-0.4, -0.2) is 24.6 Å². The fourth-order valence-electron chi connectivity index (χ4n) is 1.17. The number of likely N-dealkylation sites (N-methyl/N-ethyl adjacent to an activating group) is 1. The molecule has 0 unspecified atom stereocenters. The first kappa shape index (κ1) is 10.4. The van der Waals surface area contributed by atoms with Crippen LogP contribution >= 0.6 is 0 Å². The normalized spacial score (nSPS) is 11.4. The van der Waals surface area contributed by atoms with E-state index in [1.54, 1.807) is 0 Å². The second-order valence-electron chi connectivity index (χ2n) is 3.28. The highest BCUT2D eigenvalue weighted by atomic mass is 16.4. The van der Waals surface area contributed by atoms with Gasteiger partial charge < -0.3 is 15.8 Å². The molecule has 0 aromatic heterocycles. The van der Waals surface area contributed by atoms with Crippen LogP contribution in [0.25, 0.3) is 0 Å². The quantitative estimate of drug-likeness (QED) is 0.328. The van der Waals surface area contributed by atoms with Crippen LogP contribution in [0.3, 0.4) is 0 Å². The second-order valence-corrected chi connectivity index (χ2v) is 3.28. The minimum atomic E-state index is 0.202. The van der Waals surface area contributed by atoms with Gasteiger partial charge in [0.1, 0.15) is 0 Å². The third-order valence-corrected chi connectivity index (χ3v) is 2.00. The van der Waals surface area contributed by atoms with E-state index < -0.39 is 0 Å². The van der Waals surface area contributed by atoms with Gasteiger partial charge in [0.2, 0.25) is 0 Å². The number of nitrogens with zero attached hydrogens (tertiary/aromatic N) is 2. The van der Waals surface area contributed by atoms with E-state index in [1.165, 1.54) is 5.56 Å². The molecule has 0 bridgehead atoms. The summed E-state index contributed by atoms with van der Waals surface area (Å²) >= 11 is 0. The van der Waals surface area contributed by atoms with Crippen molar-refractivity contribution >= 4 is 11.5 Å². The zero-order chi connectivity index (χ0) is 10.6. The molecule has 3 N–H and O–H groups in total. The van der Waals surface area contributed by atoms with Crippen LogP contribution in [0.5, 0.6) is 0 Å². The fraction of sp³-hybridized carbons (Fsp3) is 0.300. The molecule has 0 amide bonds. The molecule has 1 aromatic rings. The molecule has 0 radical (unpaired) electrons. The molecule has 1 rings (SSSR count). The molecule has 4 nitrogen and oxygen atoms in total. The third kappa shape index (κ3) is 2.65. The SMILES string of the molecule is Cc1ccc(N(C)C/C(N)=N/O)cc1. The molecular formula is C10H15N3O. The second kappa shape index (κ2) is 4.50. The maximum atomic E-state index is 8.41. The van der Waals surface area contributed by atoms with Crippen LogP contribution < -0.4 is 10.6 Å². The Bertz CT molecular complexity index is 319. The number of rotatable bonds is 3. The van der Waals surface area contributed by atoms with Gasteiger partial charge in [-0.25, -0.2) is 0 Å². The molecule has 4 heteroatoms. The van der Waals surface area contributed by atoms with Crippen molar-refractivity contribution in [2.24, 2.45) is 10.9 Å². The van der Waals surface area contributed by atoms with Crippen LogP contribution in [0.15, 0.2) is 29.4 Å². The average Bonchev–Trinajstić information content (AvgIpc) is 2.18. The molecule has 0 saturated heterocycles. The predicted molar refractivity (Wildman–Crippen MR) is 57.9 cm³/mol. The lowest BCUT2D eigenvalue weighted by atomic mass is 10.2. The van der Waals surface area contributed by atoms with Crippen molar-refractivity contribution in [3.8, 4) is 0 Å². The number of oxime groups is 1. The predicted octanol–water partition coefficient (Wildman–Crippen LogP) is 1.18. The first-order valence-corrected chi connectivity index (χ1v) is 4.37. The minimum Gasteiger partial charge on any atom is -0.409 e. The molecule has 14 heavy (non-hydrogen) atoms. The molecule has 76 valence electrons. The zero-order valence-electron chi connectivity index (χ0n) is 8.44. The van der Waals surface area contributed by atoms with Crippen LogP contribution in [0.4, 0.5) is 5.69 Å². The van der Waals surface area contributed by atoms with E-state index in [1.807, 2.05) is 43.1 Å². The van der Waals surface area contributed by atoms with E-state index >= 15 is 0 Å². The molecule has 0 atom stereocenters. The Balaban J connectivity index is 2.70. The van der Waals surface area contributed by atoms with Gasteiger partial charge in [0.25, 0.3) is 0 Å². The van der Waals surface area contributed by atoms with Crippen LogP contribution in [0.2, 0.25) is 0 Å². The maximum Gasteiger partial charge on any atom is 0.158 e. The van der Waals surface area contributed by atoms with Crippen molar-refractivity contribution in [3.63, 3.8) is 0 Å². The molecule has 0 spiro atoms. The Morgan fingerprint density at radius 3 is 2.50 bits per heavy atom. The first-order chi connectivity index (χ1) is 6.63. The topological polar surface area (TPSA) is 61.8 Å². The Labute approximate surface area is 83.6 Å². The summed E-state index contributed by atoms with van der Waals surface area (Å²) in [7, 11) is 1.89. The molecule has 0 aliphatic heterocycles. The Morgan fingerprint density at radius 2 is 2.00 bits per heavy atom.